The zero-order valence-electron chi connectivity index (χ0n) is 10.2. The molecule has 2 aromatic rings. The van der Waals surface area contributed by atoms with Gasteiger partial charge in [-0.15, -0.1) is 0 Å². The van der Waals surface area contributed by atoms with Gasteiger partial charge in [0.15, 0.2) is 0 Å². The molecule has 1 N–H and O–H groups in total. The molecule has 18 heavy (non-hydrogen) atoms. The summed E-state index contributed by atoms with van der Waals surface area (Å²) in [5.41, 5.74) is 2.74. The molecule has 3 rings (SSSR count). The lowest BCUT2D eigenvalue weighted by Crippen LogP contribution is -2.23. The number of carbonyl (C=O) groups is 1. The molecule has 0 spiro atoms. The third-order valence-electron chi connectivity index (χ3n) is 2.80. The third-order valence-corrected chi connectivity index (χ3v) is 2.80. The number of fused-ring (bicyclic) bond motifs is 3. The molecule has 1 aliphatic carbocycles. The van der Waals surface area contributed by atoms with Crippen LogP contribution in [0.3, 0.4) is 0 Å². The quantitative estimate of drug-likeness (QED) is 0.721. The standard InChI is InChI=1S/C10H6.C4H8O4/c1-3-8-5-10-6-9(8)4-2-7(1)10;1-7-4(8-2)3(5)6/h1-6H;4H,1-2H3,(H,5,6). The van der Waals surface area contributed by atoms with E-state index in [1.54, 1.807) is 0 Å². The van der Waals surface area contributed by atoms with Crippen LogP contribution in [0.2, 0.25) is 0 Å². The highest BCUT2D eigenvalue weighted by atomic mass is 16.7. The van der Waals surface area contributed by atoms with Crippen LogP contribution in [-0.2, 0) is 14.3 Å². The van der Waals surface area contributed by atoms with Crippen molar-refractivity contribution in [3.05, 3.63) is 36.4 Å². The molecule has 2 aromatic carbocycles. The van der Waals surface area contributed by atoms with Gasteiger partial charge in [0, 0.05) is 14.2 Å². The largest absolute Gasteiger partial charge is 0.477 e. The summed E-state index contributed by atoms with van der Waals surface area (Å²) in [6.45, 7) is 0. The van der Waals surface area contributed by atoms with Crippen LogP contribution in [0.4, 0.5) is 0 Å². The minimum absolute atomic E-state index is 1.12. The molecule has 0 atom stereocenters. The van der Waals surface area contributed by atoms with Gasteiger partial charge < -0.3 is 14.6 Å². The molecule has 0 heterocycles. The molecular formula is C14H14O4. The van der Waals surface area contributed by atoms with Crippen molar-refractivity contribution in [3.63, 3.8) is 0 Å². The molecule has 1 aliphatic rings. The highest BCUT2D eigenvalue weighted by molar-refractivity contribution is 5.95. The number of methoxy groups -OCH3 is 2. The van der Waals surface area contributed by atoms with Crippen LogP contribution in [0.15, 0.2) is 36.4 Å². The van der Waals surface area contributed by atoms with E-state index in [-0.39, 0.29) is 0 Å². The van der Waals surface area contributed by atoms with Gasteiger partial charge in [0.05, 0.1) is 0 Å². The monoisotopic (exact) mass is 246 g/mol. The Labute approximate surface area is 105 Å². The summed E-state index contributed by atoms with van der Waals surface area (Å²) >= 11 is 0. The molecule has 4 nitrogen and oxygen atoms in total. The second-order valence-electron chi connectivity index (χ2n) is 3.92. The van der Waals surface area contributed by atoms with E-state index in [0.717, 1.165) is 0 Å². The van der Waals surface area contributed by atoms with E-state index in [0.29, 0.717) is 0 Å². The van der Waals surface area contributed by atoms with Gasteiger partial charge in [0.25, 0.3) is 6.29 Å². The molecule has 3 bridgehead atoms. The number of carboxylic acid groups (broad SMARTS) is 1. The third kappa shape index (κ3) is 2.34. The van der Waals surface area contributed by atoms with Crippen LogP contribution in [-0.4, -0.2) is 31.6 Å². The predicted octanol–water partition coefficient (Wildman–Crippen LogP) is 2.51. The Bertz CT molecular complexity index is 536. The summed E-state index contributed by atoms with van der Waals surface area (Å²) in [4.78, 5) is 9.91. The summed E-state index contributed by atoms with van der Waals surface area (Å²) in [6, 6.07) is 13.2. The zero-order valence-corrected chi connectivity index (χ0v) is 10.2. The Morgan fingerprint density at radius 2 is 1.50 bits per heavy atom. The van der Waals surface area contributed by atoms with Gasteiger partial charge in [0.2, 0.25) is 0 Å². The number of hydrogen-bond acceptors (Lipinski definition) is 3. The van der Waals surface area contributed by atoms with Crippen LogP contribution >= 0.6 is 0 Å². The van der Waals surface area contributed by atoms with Crippen molar-refractivity contribution >= 4 is 16.7 Å². The fraction of sp³-hybridized carbons (Fsp3) is 0.214. The smallest absolute Gasteiger partial charge is 0.361 e. The highest BCUT2D eigenvalue weighted by Crippen LogP contribution is 2.32. The summed E-state index contributed by atoms with van der Waals surface area (Å²) in [5.74, 6) is -1.12. The fourth-order valence-electron chi connectivity index (χ4n) is 1.90. The first-order chi connectivity index (χ1) is 8.65. The summed E-state index contributed by atoms with van der Waals surface area (Å²) in [6.07, 6.45) is -1.13. The van der Waals surface area contributed by atoms with Crippen molar-refractivity contribution in [1.82, 2.24) is 0 Å². The van der Waals surface area contributed by atoms with Crippen molar-refractivity contribution < 1.29 is 19.4 Å². The Hall–Kier alpha value is -1.91. The average Bonchev–Trinajstić information content (AvgIpc) is 2.52. The molecular weight excluding hydrogens is 232 g/mol. The zero-order chi connectivity index (χ0) is 13.1. The Kier molecular flexibility index (Phi) is 3.60. The second kappa shape index (κ2) is 5.16. The number of benzene rings is 2. The first-order valence-corrected chi connectivity index (χ1v) is 5.48. The first kappa shape index (κ1) is 12.5. The Morgan fingerprint density at radius 1 is 1.00 bits per heavy atom. The van der Waals surface area contributed by atoms with Gasteiger partial charge in [0.1, 0.15) is 0 Å². The van der Waals surface area contributed by atoms with E-state index in [1.165, 1.54) is 36.1 Å². The first-order valence-electron chi connectivity index (χ1n) is 5.48. The molecule has 0 saturated carbocycles. The lowest BCUT2D eigenvalue weighted by atomic mass is 10.2. The van der Waals surface area contributed by atoms with Gasteiger partial charge in [-0.2, -0.15) is 0 Å². The Morgan fingerprint density at radius 3 is 1.83 bits per heavy atom. The lowest BCUT2D eigenvalue weighted by molar-refractivity contribution is -0.177. The maximum atomic E-state index is 9.91. The Balaban J connectivity index is 0.000000139. The van der Waals surface area contributed by atoms with E-state index < -0.39 is 12.3 Å². The molecule has 4 heteroatoms. The second-order valence-corrected chi connectivity index (χ2v) is 3.92. The van der Waals surface area contributed by atoms with Crippen LogP contribution in [0.1, 0.15) is 0 Å². The summed E-state index contributed by atoms with van der Waals surface area (Å²) in [7, 11) is 2.53. The normalized spacial score (nSPS) is 11.1. The van der Waals surface area contributed by atoms with E-state index in [1.807, 2.05) is 0 Å². The van der Waals surface area contributed by atoms with E-state index >= 15 is 0 Å². The van der Waals surface area contributed by atoms with Crippen molar-refractivity contribution in [2.75, 3.05) is 14.2 Å². The molecule has 0 fully saturated rings. The van der Waals surface area contributed by atoms with Crippen LogP contribution in [0, 0.1) is 0 Å². The molecule has 94 valence electrons. The van der Waals surface area contributed by atoms with Gasteiger partial charge in [-0.1, -0.05) is 24.3 Å². The predicted molar refractivity (Wildman–Crippen MR) is 68.4 cm³/mol. The van der Waals surface area contributed by atoms with Crippen LogP contribution in [0.25, 0.3) is 21.9 Å². The van der Waals surface area contributed by atoms with Crippen LogP contribution in [0.5, 0.6) is 0 Å². The fourth-order valence-corrected chi connectivity index (χ4v) is 1.90. The lowest BCUT2D eigenvalue weighted by Gasteiger charge is -2.05. The molecule has 0 amide bonds. The van der Waals surface area contributed by atoms with Gasteiger partial charge in [-0.25, -0.2) is 4.79 Å². The number of rotatable bonds is 3. The van der Waals surface area contributed by atoms with E-state index in [2.05, 4.69) is 45.9 Å². The van der Waals surface area contributed by atoms with Crippen molar-refractivity contribution in [1.29, 1.82) is 0 Å². The maximum absolute atomic E-state index is 9.91. The topological polar surface area (TPSA) is 55.8 Å². The summed E-state index contributed by atoms with van der Waals surface area (Å²) < 4.78 is 8.68. The molecule has 0 saturated heterocycles. The number of hydrogen-bond donors (Lipinski definition) is 1. The van der Waals surface area contributed by atoms with Gasteiger partial charge in [-0.05, 0) is 34.0 Å². The van der Waals surface area contributed by atoms with Crippen molar-refractivity contribution in [2.45, 2.75) is 6.29 Å². The van der Waals surface area contributed by atoms with Gasteiger partial charge >= 0.3 is 5.97 Å². The molecule has 0 radical (unpaired) electrons. The number of carboxylic acids is 1. The van der Waals surface area contributed by atoms with Crippen molar-refractivity contribution in [2.24, 2.45) is 0 Å². The number of ether oxygens (including phenoxy) is 2. The molecule has 0 unspecified atom stereocenters. The minimum atomic E-state index is -1.13. The van der Waals surface area contributed by atoms with E-state index in [4.69, 9.17) is 5.11 Å². The van der Waals surface area contributed by atoms with Gasteiger partial charge in [-0.3, -0.25) is 0 Å². The van der Waals surface area contributed by atoms with E-state index in [9.17, 15) is 4.79 Å². The molecule has 0 aromatic heterocycles. The van der Waals surface area contributed by atoms with Crippen molar-refractivity contribution in [3.8, 4) is 11.1 Å². The highest BCUT2D eigenvalue weighted by Gasteiger charge is 2.13. The number of aliphatic carboxylic acids is 1. The average molecular weight is 246 g/mol. The maximum Gasteiger partial charge on any atom is 0.361 e. The minimum Gasteiger partial charge on any atom is -0.477 e. The molecule has 0 aliphatic heterocycles. The SMILES string of the molecule is COC(OC)C(=O)O.c1cc2ccc3cc2cc1-3. The van der Waals surface area contributed by atoms with Crippen LogP contribution < -0.4 is 0 Å². The summed E-state index contributed by atoms with van der Waals surface area (Å²) in [5, 5.41) is 10.9.